The lowest BCUT2D eigenvalue weighted by Crippen LogP contribution is -2.40. The van der Waals surface area contributed by atoms with Crippen LogP contribution in [0.1, 0.15) is 55.0 Å². The number of benzene rings is 3. The van der Waals surface area contributed by atoms with Crippen molar-refractivity contribution in [3.05, 3.63) is 124 Å². The maximum Gasteiger partial charge on any atom is 0.338 e. The predicted octanol–water partition coefficient (Wildman–Crippen LogP) is 6.24. The number of halogens is 1. The van der Waals surface area contributed by atoms with Crippen molar-refractivity contribution in [2.75, 3.05) is 13.7 Å². The molecule has 2 heterocycles. The first-order valence-corrected chi connectivity index (χ1v) is 15.8. The number of hydrogen-bond acceptors (Lipinski definition) is 7. The number of esters is 1. The molecular formula is C34H33BrN2O5S. The molecule has 7 nitrogen and oxygen atoms in total. The monoisotopic (exact) mass is 660 g/mol. The molecule has 1 atom stereocenters. The fourth-order valence-electron chi connectivity index (χ4n) is 5.00. The summed E-state index contributed by atoms with van der Waals surface area (Å²) in [6.07, 6.45) is 3.18. The lowest BCUT2D eigenvalue weighted by atomic mass is 9.93. The summed E-state index contributed by atoms with van der Waals surface area (Å²) in [4.78, 5) is 32.9. The fourth-order valence-corrected chi connectivity index (χ4v) is 6.40. The van der Waals surface area contributed by atoms with Gasteiger partial charge in [-0.25, -0.2) is 9.79 Å². The standard InChI is InChI=1S/C34H33BrN2O5S/c1-5-7-27-30(33(39)41-6-2)31(26-19-24(35)14-17-28(26)40-4)37-32(38)29(43-34(37)36-27)18-22-12-15-25(16-13-22)42-20-23-10-8-21(3)9-11-23/h8-19,31H,5-7,20H2,1-4H3/b29-18+/t31-/m0/s1. The van der Waals surface area contributed by atoms with Crippen LogP contribution < -0.4 is 24.4 Å². The molecule has 0 saturated carbocycles. The summed E-state index contributed by atoms with van der Waals surface area (Å²) < 4.78 is 20.0. The van der Waals surface area contributed by atoms with E-state index in [2.05, 4.69) is 47.1 Å². The van der Waals surface area contributed by atoms with Crippen LogP contribution in [-0.2, 0) is 16.1 Å². The third-order valence-corrected chi connectivity index (χ3v) is 8.56. The van der Waals surface area contributed by atoms with Gasteiger partial charge < -0.3 is 14.2 Å². The molecule has 3 aromatic carbocycles. The van der Waals surface area contributed by atoms with Crippen LogP contribution in [0.5, 0.6) is 11.5 Å². The number of aromatic nitrogens is 1. The van der Waals surface area contributed by atoms with Crippen molar-refractivity contribution < 1.29 is 19.0 Å². The van der Waals surface area contributed by atoms with E-state index in [-0.39, 0.29) is 12.2 Å². The van der Waals surface area contributed by atoms with Crippen molar-refractivity contribution in [1.29, 1.82) is 0 Å². The molecule has 0 aliphatic carbocycles. The van der Waals surface area contributed by atoms with Crippen LogP contribution in [0.25, 0.3) is 6.08 Å². The SMILES string of the molecule is CCCC1=C(C(=O)OCC)[C@H](c2cc(Br)ccc2OC)n2c(s/c(=C/c3ccc(OCc4ccc(C)cc4)cc3)c2=O)=N1. The van der Waals surface area contributed by atoms with E-state index in [1.165, 1.54) is 16.9 Å². The highest BCUT2D eigenvalue weighted by Gasteiger charge is 2.36. The van der Waals surface area contributed by atoms with E-state index in [0.29, 0.717) is 44.9 Å². The van der Waals surface area contributed by atoms with Crippen molar-refractivity contribution in [1.82, 2.24) is 4.57 Å². The molecule has 1 aromatic heterocycles. The van der Waals surface area contributed by atoms with Gasteiger partial charge in [-0.15, -0.1) is 0 Å². The Bertz CT molecular complexity index is 1840. The van der Waals surface area contributed by atoms with Crippen molar-refractivity contribution in [3.8, 4) is 11.5 Å². The van der Waals surface area contributed by atoms with E-state index in [9.17, 15) is 9.59 Å². The fraction of sp³-hybridized carbons (Fsp3) is 0.265. The van der Waals surface area contributed by atoms with Gasteiger partial charge in [0.25, 0.3) is 5.56 Å². The van der Waals surface area contributed by atoms with Crippen LogP contribution in [-0.4, -0.2) is 24.3 Å². The summed E-state index contributed by atoms with van der Waals surface area (Å²) in [5, 5.41) is 0. The van der Waals surface area contributed by atoms with Crippen LogP contribution in [0, 0.1) is 6.92 Å². The van der Waals surface area contributed by atoms with E-state index in [4.69, 9.17) is 19.2 Å². The average Bonchev–Trinajstić information content (AvgIpc) is 3.31. The minimum atomic E-state index is -0.760. The summed E-state index contributed by atoms with van der Waals surface area (Å²) >= 11 is 4.85. The molecule has 1 aliphatic heterocycles. The second-order valence-corrected chi connectivity index (χ2v) is 12.1. The molecule has 222 valence electrons. The van der Waals surface area contributed by atoms with Crippen molar-refractivity contribution in [2.45, 2.75) is 46.3 Å². The van der Waals surface area contributed by atoms with Gasteiger partial charge in [-0.1, -0.05) is 82.6 Å². The third-order valence-electron chi connectivity index (χ3n) is 7.08. The number of thiazole rings is 1. The number of fused-ring (bicyclic) bond motifs is 1. The van der Waals surface area contributed by atoms with Gasteiger partial charge in [-0.2, -0.15) is 0 Å². The highest BCUT2D eigenvalue weighted by Crippen LogP contribution is 2.38. The van der Waals surface area contributed by atoms with Gasteiger partial charge in [0.05, 0.1) is 29.5 Å². The smallest absolute Gasteiger partial charge is 0.338 e. The normalized spacial score (nSPS) is 14.7. The molecule has 43 heavy (non-hydrogen) atoms. The number of ether oxygens (including phenoxy) is 3. The number of nitrogens with zero attached hydrogens (tertiary/aromatic N) is 2. The van der Waals surface area contributed by atoms with Crippen LogP contribution in [0.4, 0.5) is 0 Å². The maximum atomic E-state index is 14.1. The van der Waals surface area contributed by atoms with Gasteiger partial charge in [0, 0.05) is 10.0 Å². The predicted molar refractivity (Wildman–Crippen MR) is 172 cm³/mol. The minimum Gasteiger partial charge on any atom is -0.496 e. The molecule has 4 aromatic rings. The number of hydrogen-bond donors (Lipinski definition) is 0. The van der Waals surface area contributed by atoms with Gasteiger partial charge >= 0.3 is 5.97 Å². The van der Waals surface area contributed by atoms with Crippen molar-refractivity contribution >= 4 is 39.3 Å². The summed E-state index contributed by atoms with van der Waals surface area (Å²) in [5.74, 6) is 0.810. The molecule has 0 N–H and O–H groups in total. The topological polar surface area (TPSA) is 79.1 Å². The molecule has 0 fully saturated rings. The van der Waals surface area contributed by atoms with Crippen LogP contribution in [0.15, 0.2) is 92.3 Å². The summed E-state index contributed by atoms with van der Waals surface area (Å²) in [7, 11) is 1.57. The molecule has 0 bridgehead atoms. The quantitative estimate of drug-likeness (QED) is 0.188. The van der Waals surface area contributed by atoms with E-state index >= 15 is 0 Å². The van der Waals surface area contributed by atoms with Gasteiger partial charge in [0.15, 0.2) is 4.80 Å². The van der Waals surface area contributed by atoms with Gasteiger partial charge in [-0.05, 0) is 67.8 Å². The molecule has 0 saturated heterocycles. The molecule has 0 unspecified atom stereocenters. The number of rotatable bonds is 10. The maximum absolute atomic E-state index is 14.1. The largest absolute Gasteiger partial charge is 0.496 e. The Kier molecular flexibility index (Phi) is 9.62. The number of aryl methyl sites for hydroxylation is 1. The zero-order valence-corrected chi connectivity index (χ0v) is 27.0. The highest BCUT2D eigenvalue weighted by molar-refractivity contribution is 9.10. The first-order chi connectivity index (χ1) is 20.8. The van der Waals surface area contributed by atoms with E-state index in [0.717, 1.165) is 27.8 Å². The second kappa shape index (κ2) is 13.6. The van der Waals surface area contributed by atoms with Crippen LogP contribution in [0.2, 0.25) is 0 Å². The Balaban J connectivity index is 1.57. The van der Waals surface area contributed by atoms with E-state index < -0.39 is 12.0 Å². The molecule has 9 heteroatoms. The summed E-state index contributed by atoms with van der Waals surface area (Å²) in [6, 6.07) is 20.7. The average molecular weight is 662 g/mol. The molecular weight excluding hydrogens is 628 g/mol. The highest BCUT2D eigenvalue weighted by atomic mass is 79.9. The van der Waals surface area contributed by atoms with E-state index in [1.807, 2.05) is 55.5 Å². The molecule has 0 radical (unpaired) electrons. The summed E-state index contributed by atoms with van der Waals surface area (Å²) in [6.45, 7) is 6.53. The summed E-state index contributed by atoms with van der Waals surface area (Å²) in [5.41, 5.74) is 4.56. The Morgan fingerprint density at radius 2 is 1.81 bits per heavy atom. The lowest BCUT2D eigenvalue weighted by Gasteiger charge is -2.27. The van der Waals surface area contributed by atoms with Gasteiger partial charge in [0.2, 0.25) is 0 Å². The van der Waals surface area contributed by atoms with Crippen molar-refractivity contribution in [2.24, 2.45) is 4.99 Å². The Hall–Kier alpha value is -3.95. The van der Waals surface area contributed by atoms with Crippen molar-refractivity contribution in [3.63, 3.8) is 0 Å². The number of methoxy groups -OCH3 is 1. The lowest BCUT2D eigenvalue weighted by molar-refractivity contribution is -0.139. The Morgan fingerprint density at radius 3 is 2.49 bits per heavy atom. The molecule has 0 amide bonds. The number of carbonyl (C=O) groups excluding carboxylic acids is 1. The number of carbonyl (C=O) groups is 1. The van der Waals surface area contributed by atoms with Crippen LogP contribution in [0.3, 0.4) is 0 Å². The molecule has 1 aliphatic rings. The zero-order valence-electron chi connectivity index (χ0n) is 24.6. The second-order valence-electron chi connectivity index (χ2n) is 10.1. The first kappa shape index (κ1) is 30.5. The van der Waals surface area contributed by atoms with E-state index in [1.54, 1.807) is 18.6 Å². The molecule has 0 spiro atoms. The van der Waals surface area contributed by atoms with Gasteiger partial charge in [-0.3, -0.25) is 9.36 Å². The minimum absolute atomic E-state index is 0.208. The first-order valence-electron chi connectivity index (χ1n) is 14.2. The zero-order chi connectivity index (χ0) is 30.5. The Morgan fingerprint density at radius 1 is 1.07 bits per heavy atom. The number of allylic oxidation sites excluding steroid dienone is 1. The Labute approximate surface area is 262 Å². The van der Waals surface area contributed by atoms with Gasteiger partial charge in [0.1, 0.15) is 24.1 Å². The third kappa shape index (κ3) is 6.68. The van der Waals surface area contributed by atoms with Crippen LogP contribution >= 0.6 is 27.3 Å². The molecule has 5 rings (SSSR count).